The molecule has 1 saturated heterocycles. The van der Waals surface area contributed by atoms with E-state index in [1.807, 2.05) is 6.08 Å². The predicted octanol–water partition coefficient (Wildman–Crippen LogP) is 15.9. The fourth-order valence-corrected chi connectivity index (χ4v) is 9.63. The molecule has 426 valence electrons. The van der Waals surface area contributed by atoms with Crippen LogP contribution in [0.3, 0.4) is 0 Å². The van der Waals surface area contributed by atoms with Gasteiger partial charge in [0.2, 0.25) is 5.91 Å². The molecule has 7 unspecified atom stereocenters. The number of carbonyl (C=O) groups is 1. The Morgan fingerprint density at radius 1 is 0.466 bits per heavy atom. The second kappa shape index (κ2) is 53.3. The minimum Gasteiger partial charge on any atom is -0.394 e. The smallest absolute Gasteiger partial charge is 0.220 e. The number of nitrogens with one attached hydrogen (secondary N) is 1. The number of hydrogen-bond donors (Lipinski definition) is 6. The van der Waals surface area contributed by atoms with Gasteiger partial charge in [-0.25, -0.2) is 0 Å². The molecule has 0 spiro atoms. The Balaban J connectivity index is 2.06. The van der Waals surface area contributed by atoms with Gasteiger partial charge in [-0.2, -0.15) is 0 Å². The molecule has 1 fully saturated rings. The number of unbranched alkanes of at least 4 members (excludes halogenated alkanes) is 35. The molecule has 1 amide bonds. The van der Waals surface area contributed by atoms with Crippen LogP contribution in [0.1, 0.15) is 284 Å². The van der Waals surface area contributed by atoms with Crippen LogP contribution in [0, 0.1) is 0 Å². The van der Waals surface area contributed by atoms with Gasteiger partial charge in [-0.05, 0) is 77.0 Å². The zero-order chi connectivity index (χ0) is 52.9. The summed E-state index contributed by atoms with van der Waals surface area (Å²) in [5.74, 6) is -0.189. The van der Waals surface area contributed by atoms with Crippen LogP contribution in [0.15, 0.2) is 60.8 Å². The van der Waals surface area contributed by atoms with Gasteiger partial charge >= 0.3 is 0 Å². The zero-order valence-electron chi connectivity index (χ0n) is 47.4. The molecule has 0 saturated carbocycles. The van der Waals surface area contributed by atoms with Crippen LogP contribution in [-0.4, -0.2) is 87.5 Å². The molecule has 0 radical (unpaired) electrons. The van der Waals surface area contributed by atoms with Gasteiger partial charge in [0, 0.05) is 6.42 Å². The van der Waals surface area contributed by atoms with Gasteiger partial charge < -0.3 is 40.3 Å². The van der Waals surface area contributed by atoms with Crippen LogP contribution in [0.4, 0.5) is 0 Å². The van der Waals surface area contributed by atoms with Crippen LogP contribution >= 0.6 is 0 Å². The Labute approximate surface area is 449 Å². The highest BCUT2D eigenvalue weighted by atomic mass is 16.7. The molecule has 0 aromatic carbocycles. The molecule has 1 heterocycles. The molecule has 1 aliphatic heterocycles. The van der Waals surface area contributed by atoms with Gasteiger partial charge in [-0.3, -0.25) is 4.79 Å². The molecule has 1 rings (SSSR count). The van der Waals surface area contributed by atoms with E-state index in [9.17, 15) is 30.3 Å². The molecule has 9 heteroatoms. The summed E-state index contributed by atoms with van der Waals surface area (Å²) in [7, 11) is 0. The molecule has 73 heavy (non-hydrogen) atoms. The average Bonchev–Trinajstić information content (AvgIpc) is 3.39. The second-order valence-electron chi connectivity index (χ2n) is 21.5. The quantitative estimate of drug-likeness (QED) is 0.0261. The average molecular weight is 1030 g/mol. The first-order valence-corrected chi connectivity index (χ1v) is 31.0. The lowest BCUT2D eigenvalue weighted by Gasteiger charge is -2.40. The lowest BCUT2D eigenvalue weighted by atomic mass is 9.99. The second-order valence-corrected chi connectivity index (χ2v) is 21.5. The van der Waals surface area contributed by atoms with Crippen molar-refractivity contribution in [1.29, 1.82) is 0 Å². The van der Waals surface area contributed by atoms with Crippen LogP contribution < -0.4 is 5.32 Å². The third-order valence-corrected chi connectivity index (χ3v) is 14.5. The molecule has 0 bridgehead atoms. The highest BCUT2D eigenvalue weighted by Crippen LogP contribution is 2.23. The van der Waals surface area contributed by atoms with Crippen molar-refractivity contribution < 1.29 is 39.8 Å². The first-order chi connectivity index (χ1) is 35.8. The van der Waals surface area contributed by atoms with Gasteiger partial charge in [-0.1, -0.05) is 261 Å². The number of aliphatic hydroxyl groups excluding tert-OH is 5. The highest BCUT2D eigenvalue weighted by Gasteiger charge is 2.44. The van der Waals surface area contributed by atoms with Crippen molar-refractivity contribution in [3.63, 3.8) is 0 Å². The molecular formula is C64H117NO8. The third-order valence-electron chi connectivity index (χ3n) is 14.5. The largest absolute Gasteiger partial charge is 0.394 e. The maximum atomic E-state index is 13.0. The summed E-state index contributed by atoms with van der Waals surface area (Å²) in [5.41, 5.74) is 0. The highest BCUT2D eigenvalue weighted by molar-refractivity contribution is 5.76. The van der Waals surface area contributed by atoms with Gasteiger partial charge in [0.05, 0.1) is 25.4 Å². The van der Waals surface area contributed by atoms with Gasteiger partial charge in [0.15, 0.2) is 6.29 Å². The normalized spacial score (nSPS) is 19.5. The number of carbonyl (C=O) groups excluding carboxylic acids is 1. The number of ether oxygens (including phenoxy) is 2. The van der Waals surface area contributed by atoms with Crippen molar-refractivity contribution >= 4 is 5.91 Å². The van der Waals surface area contributed by atoms with Gasteiger partial charge in [0.1, 0.15) is 24.4 Å². The third kappa shape index (κ3) is 42.7. The van der Waals surface area contributed by atoms with E-state index >= 15 is 0 Å². The van der Waals surface area contributed by atoms with Crippen molar-refractivity contribution in [3.8, 4) is 0 Å². The van der Waals surface area contributed by atoms with Crippen LogP contribution in [-0.2, 0) is 14.3 Å². The molecule has 0 aromatic rings. The Hall–Kier alpha value is -2.11. The first-order valence-electron chi connectivity index (χ1n) is 31.0. The summed E-state index contributed by atoms with van der Waals surface area (Å²) < 4.78 is 11.2. The van der Waals surface area contributed by atoms with E-state index in [2.05, 4.69) is 67.8 Å². The van der Waals surface area contributed by atoms with Crippen molar-refractivity contribution in [2.45, 2.75) is 326 Å². The maximum absolute atomic E-state index is 13.0. The van der Waals surface area contributed by atoms with E-state index in [4.69, 9.17) is 9.47 Å². The Kier molecular flexibility index (Phi) is 50.3. The van der Waals surface area contributed by atoms with E-state index in [1.165, 1.54) is 205 Å². The topological polar surface area (TPSA) is 149 Å². The van der Waals surface area contributed by atoms with E-state index in [0.29, 0.717) is 6.42 Å². The summed E-state index contributed by atoms with van der Waals surface area (Å²) in [6, 6.07) is -0.827. The summed E-state index contributed by atoms with van der Waals surface area (Å²) in [5, 5.41) is 54.4. The summed E-state index contributed by atoms with van der Waals surface area (Å²) in [6.07, 6.45) is 66.2. The lowest BCUT2D eigenvalue weighted by molar-refractivity contribution is -0.302. The summed E-state index contributed by atoms with van der Waals surface area (Å²) >= 11 is 0. The standard InChI is InChI=1S/C64H117NO8/c1-3-5-7-9-11-13-15-17-18-19-20-21-22-23-24-25-26-27-28-29-30-31-32-33-34-35-36-37-38-39-40-42-44-46-48-50-52-54-60(68)65-57(56-72-64-63(71)62(70)61(69)59(55-66)73-64)58(67)53-51-49-47-45-43-41-16-14-12-10-8-6-4-2/h12,14-15,17,19-20,43,45,51,53,57-59,61-64,66-67,69-71H,3-11,13,16,18,21-42,44,46-50,52,54-56H2,1-2H3,(H,65,68)/b14-12+,17-15-,20-19-,45-43+,53-51+. The number of hydrogen-bond acceptors (Lipinski definition) is 8. The molecule has 0 aromatic heterocycles. The van der Waals surface area contributed by atoms with E-state index in [1.54, 1.807) is 6.08 Å². The monoisotopic (exact) mass is 1030 g/mol. The Bertz CT molecular complexity index is 1330. The van der Waals surface area contributed by atoms with Gasteiger partial charge in [-0.15, -0.1) is 0 Å². The number of aliphatic hydroxyl groups is 5. The fraction of sp³-hybridized carbons (Fsp3) is 0.828. The first kappa shape index (κ1) is 68.9. The number of allylic oxidation sites excluding steroid dienone is 9. The SMILES string of the molecule is CCCCC/C=C/CC/C=C/CC/C=C/C(O)C(COC1OC(CO)C(O)C(O)C1O)NC(=O)CCCCCCCCCCCCCCCCCCCCCCCCCCC/C=C\C/C=C\CCCCCCC. The molecule has 6 N–H and O–H groups in total. The van der Waals surface area contributed by atoms with E-state index in [-0.39, 0.29) is 12.5 Å². The zero-order valence-corrected chi connectivity index (χ0v) is 47.4. The Morgan fingerprint density at radius 2 is 0.822 bits per heavy atom. The van der Waals surface area contributed by atoms with E-state index in [0.717, 1.165) is 57.8 Å². The van der Waals surface area contributed by atoms with Crippen LogP contribution in [0.2, 0.25) is 0 Å². The molecule has 0 aliphatic carbocycles. The molecule has 1 aliphatic rings. The Morgan fingerprint density at radius 3 is 1.26 bits per heavy atom. The van der Waals surface area contributed by atoms with Crippen molar-refractivity contribution in [2.75, 3.05) is 13.2 Å². The maximum Gasteiger partial charge on any atom is 0.220 e. The lowest BCUT2D eigenvalue weighted by Crippen LogP contribution is -2.60. The number of rotatable bonds is 53. The fourth-order valence-electron chi connectivity index (χ4n) is 9.63. The van der Waals surface area contributed by atoms with Crippen molar-refractivity contribution in [3.05, 3.63) is 60.8 Å². The molecule has 7 atom stereocenters. The predicted molar refractivity (Wildman–Crippen MR) is 309 cm³/mol. The molecule has 9 nitrogen and oxygen atoms in total. The van der Waals surface area contributed by atoms with Crippen molar-refractivity contribution in [2.24, 2.45) is 0 Å². The summed E-state index contributed by atoms with van der Waals surface area (Å²) in [4.78, 5) is 13.0. The molecular weight excluding hydrogens is 911 g/mol. The van der Waals surface area contributed by atoms with E-state index < -0.39 is 49.5 Å². The summed E-state index contributed by atoms with van der Waals surface area (Å²) in [6.45, 7) is 3.72. The van der Waals surface area contributed by atoms with Crippen molar-refractivity contribution in [1.82, 2.24) is 5.32 Å². The van der Waals surface area contributed by atoms with Crippen LogP contribution in [0.25, 0.3) is 0 Å². The van der Waals surface area contributed by atoms with Crippen LogP contribution in [0.5, 0.6) is 0 Å². The minimum atomic E-state index is -1.57. The minimum absolute atomic E-state index is 0.189. The van der Waals surface area contributed by atoms with Gasteiger partial charge in [0.25, 0.3) is 0 Å². The number of amides is 1.